The molecular weight excluding hydrogens is 241 g/mol. The normalized spacial score (nSPS) is 10.3. The average Bonchev–Trinajstić information content (AvgIpc) is 2.25. The van der Waals surface area contributed by atoms with Gasteiger partial charge >= 0.3 is 97.7 Å². The minimum absolute atomic E-state index is 0.719. The van der Waals surface area contributed by atoms with Crippen LogP contribution in [0.5, 0.6) is 0 Å². The van der Waals surface area contributed by atoms with E-state index in [2.05, 4.69) is 62.4 Å². The van der Waals surface area contributed by atoms with Gasteiger partial charge in [0.05, 0.1) is 0 Å². The van der Waals surface area contributed by atoms with Crippen molar-refractivity contribution in [3.63, 3.8) is 0 Å². The van der Waals surface area contributed by atoms with Crippen molar-refractivity contribution in [2.45, 2.75) is 13.8 Å². The van der Waals surface area contributed by atoms with E-state index in [0.29, 0.717) is 0 Å². The second-order valence-corrected chi connectivity index (χ2v) is 8.32. The maximum atomic E-state index is 2.29. The molecule has 0 heterocycles. The van der Waals surface area contributed by atoms with Crippen molar-refractivity contribution in [1.29, 1.82) is 0 Å². The van der Waals surface area contributed by atoms with E-state index in [1.807, 2.05) is 0 Å². The van der Waals surface area contributed by atoms with Gasteiger partial charge in [0.15, 0.2) is 0 Å². The molecule has 0 bridgehead atoms. The summed E-state index contributed by atoms with van der Waals surface area (Å²) in [5.74, 6) is 0. The van der Waals surface area contributed by atoms with Crippen LogP contribution >= 0.6 is 0 Å². The number of rotatable bonds is 2. The summed E-state index contributed by atoms with van der Waals surface area (Å²) in [5, 5.41) is 0. The molecule has 0 fully saturated rings. The molecule has 2 rings (SSSR count). The van der Waals surface area contributed by atoms with Gasteiger partial charge in [0.1, 0.15) is 0 Å². The Morgan fingerprint density at radius 3 is 1.27 bits per heavy atom. The SMILES string of the molecule is Cc1cc[c]([GeH2][c]2ccc(C)cc2)cc1. The van der Waals surface area contributed by atoms with Gasteiger partial charge in [0, 0.05) is 0 Å². The van der Waals surface area contributed by atoms with Crippen molar-refractivity contribution >= 4 is 24.2 Å². The van der Waals surface area contributed by atoms with Crippen LogP contribution < -0.4 is 8.79 Å². The van der Waals surface area contributed by atoms with E-state index < -0.39 is 15.4 Å². The molecule has 0 atom stereocenters. The molecule has 0 amide bonds. The van der Waals surface area contributed by atoms with Gasteiger partial charge in [-0.05, 0) is 0 Å². The Morgan fingerprint density at radius 2 is 0.933 bits per heavy atom. The topological polar surface area (TPSA) is 0 Å². The monoisotopic (exact) mass is 258 g/mol. The molecule has 0 radical (unpaired) electrons. The maximum absolute atomic E-state index is 2.29. The predicted octanol–water partition coefficient (Wildman–Crippen LogP) is 1.42. The van der Waals surface area contributed by atoms with E-state index in [1.165, 1.54) is 11.1 Å². The quantitative estimate of drug-likeness (QED) is 0.714. The van der Waals surface area contributed by atoms with E-state index >= 15 is 0 Å². The van der Waals surface area contributed by atoms with Crippen LogP contribution in [0.4, 0.5) is 0 Å². The number of hydrogen-bond acceptors (Lipinski definition) is 0. The van der Waals surface area contributed by atoms with E-state index in [-0.39, 0.29) is 0 Å². The third-order valence-electron chi connectivity index (χ3n) is 2.65. The molecule has 0 aliphatic rings. The molecule has 1 heteroatoms. The third kappa shape index (κ3) is 2.96. The van der Waals surface area contributed by atoms with Gasteiger partial charge in [-0.1, -0.05) is 0 Å². The first-order valence-corrected chi connectivity index (χ1v) is 8.32. The van der Waals surface area contributed by atoms with Gasteiger partial charge in [-0.15, -0.1) is 0 Å². The van der Waals surface area contributed by atoms with Crippen molar-refractivity contribution in [1.82, 2.24) is 0 Å². The van der Waals surface area contributed by atoms with Gasteiger partial charge in [-0.2, -0.15) is 0 Å². The van der Waals surface area contributed by atoms with Gasteiger partial charge in [-0.25, -0.2) is 0 Å². The minimum atomic E-state index is -0.719. The molecule has 0 spiro atoms. The molecule has 0 unspecified atom stereocenters. The zero-order valence-corrected chi connectivity index (χ0v) is 12.3. The van der Waals surface area contributed by atoms with Crippen LogP contribution in [0.15, 0.2) is 48.5 Å². The van der Waals surface area contributed by atoms with Crippen LogP contribution in [-0.2, 0) is 0 Å². The van der Waals surface area contributed by atoms with Gasteiger partial charge < -0.3 is 0 Å². The van der Waals surface area contributed by atoms with Gasteiger partial charge in [0.2, 0.25) is 0 Å². The molecule has 2 aromatic carbocycles. The Morgan fingerprint density at radius 1 is 0.600 bits per heavy atom. The molecule has 76 valence electrons. The van der Waals surface area contributed by atoms with Crippen molar-refractivity contribution in [3.8, 4) is 0 Å². The summed E-state index contributed by atoms with van der Waals surface area (Å²) in [4.78, 5) is 0. The van der Waals surface area contributed by atoms with Crippen molar-refractivity contribution in [2.24, 2.45) is 0 Å². The van der Waals surface area contributed by atoms with Crippen molar-refractivity contribution in [3.05, 3.63) is 59.7 Å². The summed E-state index contributed by atoms with van der Waals surface area (Å²) in [5.41, 5.74) is 2.70. The van der Waals surface area contributed by atoms with Crippen LogP contribution in [-0.4, -0.2) is 15.4 Å². The zero-order valence-electron chi connectivity index (χ0n) is 9.33. The molecular formula is C14H16Ge. The van der Waals surface area contributed by atoms with Crippen molar-refractivity contribution < 1.29 is 0 Å². The Bertz CT molecular complexity index is 382. The second kappa shape index (κ2) is 4.67. The molecule has 0 aromatic heterocycles. The molecule has 0 N–H and O–H groups in total. The van der Waals surface area contributed by atoms with Crippen molar-refractivity contribution in [2.75, 3.05) is 0 Å². The fourth-order valence-corrected chi connectivity index (χ4v) is 4.61. The first-order chi connectivity index (χ1) is 7.24. The molecule has 15 heavy (non-hydrogen) atoms. The van der Waals surface area contributed by atoms with Gasteiger partial charge in [-0.3, -0.25) is 0 Å². The predicted molar refractivity (Wildman–Crippen MR) is 70.2 cm³/mol. The summed E-state index contributed by atoms with van der Waals surface area (Å²) in [6, 6.07) is 18.0. The summed E-state index contributed by atoms with van der Waals surface area (Å²) in [7, 11) is 0. The Balaban J connectivity index is 2.15. The molecule has 0 saturated carbocycles. The summed E-state index contributed by atoms with van der Waals surface area (Å²) < 4.78 is 3.13. The van der Waals surface area contributed by atoms with E-state index in [4.69, 9.17) is 0 Å². The summed E-state index contributed by atoms with van der Waals surface area (Å²) in [6.07, 6.45) is 0. The zero-order chi connectivity index (χ0) is 10.7. The van der Waals surface area contributed by atoms with E-state index in [0.717, 1.165) is 0 Å². The molecule has 0 aliphatic carbocycles. The first-order valence-electron chi connectivity index (χ1n) is 5.35. The Labute approximate surface area is 97.8 Å². The first kappa shape index (κ1) is 10.5. The van der Waals surface area contributed by atoms with Gasteiger partial charge in [0.25, 0.3) is 0 Å². The standard InChI is InChI=1S/C14H16Ge/c1-11-3-7-13(8-4-11)15-14-9-5-12(2)6-10-14/h3-10H,15H2,1-2H3. The third-order valence-corrected chi connectivity index (χ3v) is 6.34. The molecule has 0 nitrogen and oxygen atoms in total. The fourth-order valence-electron chi connectivity index (χ4n) is 1.65. The second-order valence-electron chi connectivity index (χ2n) is 4.15. The van der Waals surface area contributed by atoms with E-state index in [9.17, 15) is 0 Å². The summed E-state index contributed by atoms with van der Waals surface area (Å²) >= 11 is -0.719. The average molecular weight is 257 g/mol. The molecule has 0 saturated heterocycles. The van der Waals surface area contributed by atoms with E-state index in [1.54, 1.807) is 8.79 Å². The van der Waals surface area contributed by atoms with Crippen LogP contribution in [0, 0.1) is 13.8 Å². The van der Waals surface area contributed by atoms with Crippen LogP contribution in [0.2, 0.25) is 0 Å². The van der Waals surface area contributed by atoms with Crippen LogP contribution in [0.3, 0.4) is 0 Å². The van der Waals surface area contributed by atoms with Crippen LogP contribution in [0.1, 0.15) is 11.1 Å². The Hall–Kier alpha value is -1.02. The fraction of sp³-hybridized carbons (Fsp3) is 0.143. The molecule has 2 aromatic rings. The molecule has 0 aliphatic heterocycles. The number of hydrogen-bond donors (Lipinski definition) is 0. The van der Waals surface area contributed by atoms with Crippen LogP contribution in [0.25, 0.3) is 0 Å². The Kier molecular flexibility index (Phi) is 3.27. The summed E-state index contributed by atoms with van der Waals surface area (Å²) in [6.45, 7) is 4.28. The number of aryl methyl sites for hydroxylation is 2. The number of benzene rings is 2.